The largest absolute Gasteiger partial charge is 0.460 e. The number of primary amides is 1. The summed E-state index contributed by atoms with van der Waals surface area (Å²) in [6, 6.07) is 10.6. The van der Waals surface area contributed by atoms with E-state index in [4.69, 9.17) is 48.7 Å². The molecule has 6 N–H and O–H groups in total. The van der Waals surface area contributed by atoms with Gasteiger partial charge in [0, 0.05) is 30.0 Å². The van der Waals surface area contributed by atoms with Gasteiger partial charge in [-0.15, -0.1) is 0 Å². The third kappa shape index (κ3) is 6.95. The van der Waals surface area contributed by atoms with Crippen molar-refractivity contribution in [1.82, 2.24) is 9.55 Å². The first-order valence-corrected chi connectivity index (χ1v) is 18.3. The Morgan fingerprint density at radius 3 is 2.60 bits per heavy atom. The predicted molar refractivity (Wildman–Crippen MR) is 197 cm³/mol. The van der Waals surface area contributed by atoms with E-state index in [0.717, 1.165) is 16.5 Å². The zero-order valence-electron chi connectivity index (χ0n) is 30.6. The Morgan fingerprint density at radius 1 is 1.05 bits per heavy atom. The number of carbonyl (C=O) groups excluding carboxylic acids is 4. The summed E-state index contributed by atoms with van der Waals surface area (Å²) >= 11 is 0. The van der Waals surface area contributed by atoms with Crippen LogP contribution in [-0.4, -0.2) is 83.3 Å². The van der Waals surface area contributed by atoms with Gasteiger partial charge < -0.3 is 64.4 Å². The molecular formula is C39H39N5O13. The Labute approximate surface area is 323 Å². The zero-order valence-corrected chi connectivity index (χ0v) is 30.6. The molecule has 5 aliphatic heterocycles. The van der Waals surface area contributed by atoms with E-state index in [2.05, 4.69) is 11.1 Å². The summed E-state index contributed by atoms with van der Waals surface area (Å²) < 4.78 is 41.8. The van der Waals surface area contributed by atoms with Crippen LogP contribution in [0.15, 0.2) is 41.2 Å². The van der Waals surface area contributed by atoms with Crippen molar-refractivity contribution in [2.45, 2.75) is 82.8 Å². The number of ether oxygens (including phenoxy) is 7. The van der Waals surface area contributed by atoms with Crippen LogP contribution in [0.4, 0.5) is 5.69 Å². The summed E-state index contributed by atoms with van der Waals surface area (Å²) in [5.74, 6) is 0.0915. The maximum absolute atomic E-state index is 13.9. The number of benzene rings is 2. The van der Waals surface area contributed by atoms with Crippen molar-refractivity contribution in [3.8, 4) is 28.6 Å². The number of aliphatic hydroxyl groups excluding tert-OH is 1. The van der Waals surface area contributed by atoms with Crippen LogP contribution in [-0.2, 0) is 64.5 Å². The van der Waals surface area contributed by atoms with Crippen molar-refractivity contribution < 1.29 is 57.4 Å². The smallest absolute Gasteiger partial charge is 0.313 e. The van der Waals surface area contributed by atoms with E-state index < -0.39 is 36.6 Å². The highest BCUT2D eigenvalue weighted by atomic mass is 16.7. The fourth-order valence-electron chi connectivity index (χ4n) is 7.70. The van der Waals surface area contributed by atoms with Gasteiger partial charge in [-0.05, 0) is 47.4 Å². The fraction of sp³-hybridized carbons (Fsp3) is 0.385. The molecule has 2 aromatic heterocycles. The molecule has 18 heteroatoms. The van der Waals surface area contributed by atoms with Crippen LogP contribution in [0.25, 0.3) is 22.3 Å². The van der Waals surface area contributed by atoms with Gasteiger partial charge in [-0.2, -0.15) is 0 Å². The summed E-state index contributed by atoms with van der Waals surface area (Å²) in [6.45, 7) is 2.49. The van der Waals surface area contributed by atoms with E-state index in [0.29, 0.717) is 63.5 Å². The number of fused-ring (bicyclic) bond motifs is 7. The van der Waals surface area contributed by atoms with Gasteiger partial charge >= 0.3 is 5.97 Å². The lowest BCUT2D eigenvalue weighted by atomic mass is 9.90. The van der Waals surface area contributed by atoms with Crippen LogP contribution in [0.1, 0.15) is 53.5 Å². The van der Waals surface area contributed by atoms with Crippen LogP contribution < -0.4 is 36.6 Å². The first kappa shape index (κ1) is 38.0. The quantitative estimate of drug-likeness (QED) is 0.0835. The molecule has 57 heavy (non-hydrogen) atoms. The molecule has 6 atom stereocenters. The molecule has 0 radical (unpaired) electrons. The summed E-state index contributed by atoms with van der Waals surface area (Å²) in [7, 11) is 0. The number of aromatic nitrogens is 2. The van der Waals surface area contributed by atoms with Crippen molar-refractivity contribution >= 4 is 41.2 Å². The molecular weight excluding hydrogens is 746 g/mol. The molecule has 4 aromatic rings. The number of aliphatic hydroxyl groups is 1. The Morgan fingerprint density at radius 2 is 1.84 bits per heavy atom. The van der Waals surface area contributed by atoms with E-state index in [9.17, 15) is 24.3 Å². The van der Waals surface area contributed by atoms with Crippen molar-refractivity contribution in [3.05, 3.63) is 74.6 Å². The lowest BCUT2D eigenvalue weighted by Gasteiger charge is -2.29. The third-order valence-electron chi connectivity index (χ3n) is 10.5. The highest BCUT2D eigenvalue weighted by Gasteiger charge is 2.58. The van der Waals surface area contributed by atoms with Gasteiger partial charge in [0.05, 0.1) is 53.8 Å². The Balaban J connectivity index is 0.00000147. The second kappa shape index (κ2) is 15.5. The van der Waals surface area contributed by atoms with Crippen LogP contribution >= 0.6 is 0 Å². The number of hydrogen-bond acceptors (Lipinski definition) is 15. The molecule has 7 heterocycles. The van der Waals surface area contributed by atoms with Gasteiger partial charge in [0.2, 0.25) is 25.4 Å². The number of amides is 2. The third-order valence-corrected chi connectivity index (χ3v) is 10.5. The Bertz CT molecular complexity index is 2350. The molecule has 0 saturated carbocycles. The SMILES string of the molecule is CCC1C(=O)OCc2c1cc1n(c2=O)Cc2c-1nc1cc3c(cc1c2COCc1ccc(OC2OC(C=O)C4OC4C2O)c(NC(=O)CCN)c1)OCO3.NC=O. The molecule has 2 aromatic carbocycles. The van der Waals surface area contributed by atoms with Crippen LogP contribution in [0, 0.1) is 0 Å². The number of rotatable bonds is 11. The van der Waals surface area contributed by atoms with Crippen LogP contribution in [0.2, 0.25) is 0 Å². The van der Waals surface area contributed by atoms with Gasteiger partial charge in [-0.3, -0.25) is 19.2 Å². The van der Waals surface area contributed by atoms with E-state index in [1.807, 2.05) is 25.1 Å². The number of esters is 1. The summed E-state index contributed by atoms with van der Waals surface area (Å²) in [5.41, 5.74) is 15.1. The number of pyridine rings is 2. The topological polar surface area (TPSA) is 255 Å². The second-order valence-electron chi connectivity index (χ2n) is 13.9. The van der Waals surface area contributed by atoms with Crippen molar-refractivity contribution in [1.29, 1.82) is 0 Å². The normalized spacial score (nSPS) is 23.2. The molecule has 0 spiro atoms. The maximum Gasteiger partial charge on any atom is 0.313 e. The molecule has 2 fully saturated rings. The first-order chi connectivity index (χ1) is 27.7. The number of carbonyl (C=O) groups is 4. The molecule has 2 amide bonds. The average Bonchev–Trinajstić information content (AvgIpc) is 3.74. The number of nitrogens with two attached hydrogens (primary N) is 2. The fourth-order valence-corrected chi connectivity index (χ4v) is 7.70. The predicted octanol–water partition coefficient (Wildman–Crippen LogP) is 1.24. The Hall–Kier alpha value is -5.92. The summed E-state index contributed by atoms with van der Waals surface area (Å²) in [4.78, 5) is 64.2. The average molecular weight is 786 g/mol. The number of hydrogen-bond donors (Lipinski definition) is 4. The van der Waals surface area contributed by atoms with Gasteiger partial charge in [0.1, 0.15) is 36.8 Å². The minimum Gasteiger partial charge on any atom is -0.460 e. The summed E-state index contributed by atoms with van der Waals surface area (Å²) in [6.07, 6.45) is -2.94. The minimum absolute atomic E-state index is 0.0586. The van der Waals surface area contributed by atoms with Crippen LogP contribution in [0.5, 0.6) is 17.2 Å². The summed E-state index contributed by atoms with van der Waals surface area (Å²) in [5, 5.41) is 14.3. The number of epoxide rings is 1. The lowest BCUT2D eigenvalue weighted by molar-refractivity contribution is -0.186. The monoisotopic (exact) mass is 785 g/mol. The lowest BCUT2D eigenvalue weighted by Crippen LogP contribution is -2.48. The van der Waals surface area contributed by atoms with Crippen molar-refractivity contribution in [2.24, 2.45) is 11.5 Å². The number of nitrogens with zero attached hydrogens (tertiary/aromatic N) is 2. The second-order valence-corrected chi connectivity index (χ2v) is 13.9. The maximum atomic E-state index is 13.9. The first-order valence-electron chi connectivity index (χ1n) is 18.3. The molecule has 9 rings (SSSR count). The van der Waals surface area contributed by atoms with E-state index in [-0.39, 0.29) is 75.7 Å². The van der Waals surface area contributed by atoms with Crippen molar-refractivity contribution in [3.63, 3.8) is 0 Å². The molecule has 6 unspecified atom stereocenters. The Kier molecular flexibility index (Phi) is 10.4. The molecule has 18 nitrogen and oxygen atoms in total. The zero-order chi connectivity index (χ0) is 40.0. The molecule has 0 bridgehead atoms. The van der Waals surface area contributed by atoms with Crippen LogP contribution in [0.3, 0.4) is 0 Å². The highest BCUT2D eigenvalue weighted by Crippen LogP contribution is 2.43. The molecule has 2 saturated heterocycles. The molecule has 298 valence electrons. The van der Waals surface area contributed by atoms with E-state index in [1.165, 1.54) is 0 Å². The number of nitrogens with one attached hydrogen (secondary N) is 1. The number of anilines is 1. The number of aldehydes is 1. The van der Waals surface area contributed by atoms with E-state index >= 15 is 0 Å². The number of cyclic esters (lactones) is 1. The van der Waals surface area contributed by atoms with Gasteiger partial charge in [0.25, 0.3) is 5.56 Å². The van der Waals surface area contributed by atoms with E-state index in [1.54, 1.807) is 22.8 Å². The highest BCUT2D eigenvalue weighted by molar-refractivity contribution is 5.93. The molecule has 5 aliphatic rings. The minimum atomic E-state index is -1.21. The van der Waals surface area contributed by atoms with Crippen molar-refractivity contribution in [2.75, 3.05) is 18.7 Å². The molecule has 0 aliphatic carbocycles. The van der Waals surface area contributed by atoms with Gasteiger partial charge in [0.15, 0.2) is 17.8 Å². The van der Waals surface area contributed by atoms with Gasteiger partial charge in [-0.1, -0.05) is 13.0 Å². The van der Waals surface area contributed by atoms with Gasteiger partial charge in [-0.25, -0.2) is 4.98 Å². The standard InChI is InChI=1S/C38H36N4O12.CH3NO/c1-2-18-19-8-26-32-21(11-42(26)36(46)23(19)15-49-37(18)47)22(20-9-28-29(51-16-50-28)10-24(20)41-32)14-48-13-17-3-4-27(25(7-17)40-31(44)5-6-39)52-38-33(45)35-34(54-35)30(12-43)53-38;2-1-3/h3-4,7-10,12,18,30,33-35,38,45H,2,5-6,11,13-16,39H2,1H3,(H,40,44);1H,(H2,2,3).